The van der Waals surface area contributed by atoms with E-state index in [1.54, 1.807) is 24.3 Å². The summed E-state index contributed by atoms with van der Waals surface area (Å²) in [4.78, 5) is 34.2. The molecular weight excluding hydrogens is 308 g/mol. The summed E-state index contributed by atoms with van der Waals surface area (Å²) in [5.74, 6) is -1.02. The zero-order valence-electron chi connectivity index (χ0n) is 13.7. The van der Waals surface area contributed by atoms with Gasteiger partial charge in [-0.25, -0.2) is 0 Å². The van der Waals surface area contributed by atoms with Crippen LogP contribution in [0.1, 0.15) is 65.7 Å². The number of unbranched alkanes of at least 4 members (excludes halogenated alkanes) is 3. The summed E-state index contributed by atoms with van der Waals surface area (Å²) in [7, 11) is 0. The number of carboxylic acid groups (broad SMARTS) is 1. The van der Waals surface area contributed by atoms with Crippen molar-refractivity contribution in [3.8, 4) is 0 Å². The minimum Gasteiger partial charge on any atom is -0.481 e. The van der Waals surface area contributed by atoms with Gasteiger partial charge in [0.1, 0.15) is 0 Å². The van der Waals surface area contributed by atoms with Gasteiger partial charge in [-0.1, -0.05) is 12.8 Å². The van der Waals surface area contributed by atoms with E-state index >= 15 is 0 Å². The van der Waals surface area contributed by atoms with Gasteiger partial charge in [0.05, 0.1) is 0 Å². The van der Waals surface area contributed by atoms with Crippen molar-refractivity contribution >= 4 is 17.8 Å². The fourth-order valence-electron chi connectivity index (χ4n) is 2.33. The molecule has 0 spiro atoms. The quantitative estimate of drug-likeness (QED) is 0.573. The summed E-state index contributed by atoms with van der Waals surface area (Å²) in [6.07, 6.45) is 5.54. The van der Waals surface area contributed by atoms with Gasteiger partial charge < -0.3 is 15.7 Å². The Morgan fingerprint density at radius 3 is 2.08 bits per heavy atom. The van der Waals surface area contributed by atoms with Gasteiger partial charge in [-0.2, -0.15) is 0 Å². The number of rotatable bonds is 10. The van der Waals surface area contributed by atoms with E-state index in [2.05, 4.69) is 10.6 Å². The standard InChI is InChI=1S/C18H24N2O4/c21-16(22)5-3-1-2-4-12-19-17(23)13-6-8-14(9-7-13)18(24)20-15-10-11-15/h6-9,15H,1-5,10-12H2,(H,19,23)(H,20,24)(H,21,22). The first-order valence-electron chi connectivity index (χ1n) is 8.47. The Morgan fingerprint density at radius 1 is 0.917 bits per heavy atom. The molecule has 2 amide bonds. The van der Waals surface area contributed by atoms with Gasteiger partial charge in [-0.05, 0) is 49.9 Å². The Labute approximate surface area is 141 Å². The highest BCUT2D eigenvalue weighted by Gasteiger charge is 2.23. The summed E-state index contributed by atoms with van der Waals surface area (Å²) >= 11 is 0. The van der Waals surface area contributed by atoms with E-state index < -0.39 is 5.97 Å². The first-order chi connectivity index (χ1) is 11.6. The Morgan fingerprint density at radius 2 is 1.50 bits per heavy atom. The molecule has 24 heavy (non-hydrogen) atoms. The minimum atomic E-state index is -0.766. The van der Waals surface area contributed by atoms with Crippen molar-refractivity contribution < 1.29 is 19.5 Å². The molecule has 3 N–H and O–H groups in total. The van der Waals surface area contributed by atoms with Gasteiger partial charge in [-0.3, -0.25) is 14.4 Å². The lowest BCUT2D eigenvalue weighted by atomic mass is 10.1. The second kappa shape index (κ2) is 9.05. The topological polar surface area (TPSA) is 95.5 Å². The highest BCUT2D eigenvalue weighted by Crippen LogP contribution is 2.19. The molecule has 1 fully saturated rings. The van der Waals surface area contributed by atoms with Gasteiger partial charge in [0.2, 0.25) is 0 Å². The zero-order valence-corrected chi connectivity index (χ0v) is 13.7. The maximum Gasteiger partial charge on any atom is 0.303 e. The molecule has 0 atom stereocenters. The van der Waals surface area contributed by atoms with Crippen molar-refractivity contribution in [3.63, 3.8) is 0 Å². The lowest BCUT2D eigenvalue weighted by Gasteiger charge is -2.07. The fourth-order valence-corrected chi connectivity index (χ4v) is 2.33. The number of carboxylic acids is 1. The van der Waals surface area contributed by atoms with Crippen molar-refractivity contribution in [2.45, 2.75) is 51.0 Å². The molecule has 1 aliphatic rings. The Kier molecular flexibility index (Phi) is 6.78. The van der Waals surface area contributed by atoms with Crippen LogP contribution in [0.3, 0.4) is 0 Å². The van der Waals surface area contributed by atoms with Crippen LogP contribution in [0.25, 0.3) is 0 Å². The second-order valence-corrected chi connectivity index (χ2v) is 6.14. The van der Waals surface area contributed by atoms with E-state index in [-0.39, 0.29) is 18.2 Å². The number of hydrogen-bond acceptors (Lipinski definition) is 3. The molecule has 0 bridgehead atoms. The van der Waals surface area contributed by atoms with Crippen molar-refractivity contribution in [2.75, 3.05) is 6.54 Å². The monoisotopic (exact) mass is 332 g/mol. The van der Waals surface area contributed by atoms with Crippen LogP contribution in [0.2, 0.25) is 0 Å². The molecule has 0 aromatic heterocycles. The lowest BCUT2D eigenvalue weighted by Crippen LogP contribution is -2.26. The van der Waals surface area contributed by atoms with Crippen molar-refractivity contribution in [3.05, 3.63) is 35.4 Å². The molecule has 2 rings (SSSR count). The molecule has 1 aliphatic carbocycles. The van der Waals surface area contributed by atoms with Crippen molar-refractivity contribution in [2.24, 2.45) is 0 Å². The average molecular weight is 332 g/mol. The molecule has 0 radical (unpaired) electrons. The lowest BCUT2D eigenvalue weighted by molar-refractivity contribution is -0.137. The van der Waals surface area contributed by atoms with Crippen LogP contribution in [0.5, 0.6) is 0 Å². The maximum absolute atomic E-state index is 12.0. The molecule has 0 heterocycles. The van der Waals surface area contributed by atoms with E-state index in [1.165, 1.54) is 0 Å². The number of amides is 2. The SMILES string of the molecule is O=C(O)CCCCCCNC(=O)c1ccc(C(=O)NC2CC2)cc1. The van der Waals surface area contributed by atoms with Crippen LogP contribution in [0.4, 0.5) is 0 Å². The largest absolute Gasteiger partial charge is 0.481 e. The molecule has 6 nitrogen and oxygen atoms in total. The minimum absolute atomic E-state index is 0.0918. The summed E-state index contributed by atoms with van der Waals surface area (Å²) in [5.41, 5.74) is 1.10. The predicted octanol–water partition coefficient (Wildman–Crippen LogP) is 2.34. The van der Waals surface area contributed by atoms with Gasteiger partial charge in [0.15, 0.2) is 0 Å². The number of carbonyl (C=O) groups is 3. The molecule has 0 unspecified atom stereocenters. The van der Waals surface area contributed by atoms with Crippen LogP contribution in [0, 0.1) is 0 Å². The molecule has 0 saturated heterocycles. The third-order valence-corrected chi connectivity index (χ3v) is 3.92. The third kappa shape index (κ3) is 6.40. The highest BCUT2D eigenvalue weighted by atomic mass is 16.4. The predicted molar refractivity (Wildman–Crippen MR) is 90.0 cm³/mol. The summed E-state index contributed by atoms with van der Waals surface area (Å²) < 4.78 is 0. The molecule has 1 aromatic rings. The summed E-state index contributed by atoms with van der Waals surface area (Å²) in [6.45, 7) is 0.565. The molecule has 6 heteroatoms. The van der Waals surface area contributed by atoms with Gasteiger partial charge in [0.25, 0.3) is 11.8 Å². The van der Waals surface area contributed by atoms with Gasteiger partial charge in [-0.15, -0.1) is 0 Å². The number of hydrogen-bond donors (Lipinski definition) is 3. The first-order valence-corrected chi connectivity index (χ1v) is 8.47. The molecule has 130 valence electrons. The van der Waals surface area contributed by atoms with E-state index in [1.807, 2.05) is 0 Å². The van der Waals surface area contributed by atoms with E-state index in [9.17, 15) is 14.4 Å². The third-order valence-electron chi connectivity index (χ3n) is 3.92. The highest BCUT2D eigenvalue weighted by molar-refractivity contribution is 5.97. The normalized spacial score (nSPS) is 13.3. The average Bonchev–Trinajstić information content (AvgIpc) is 3.37. The number of benzene rings is 1. The zero-order chi connectivity index (χ0) is 17.4. The Bertz CT molecular complexity index is 579. The van der Waals surface area contributed by atoms with E-state index in [0.717, 1.165) is 32.1 Å². The van der Waals surface area contributed by atoms with E-state index in [4.69, 9.17) is 5.11 Å². The summed E-state index contributed by atoms with van der Waals surface area (Å²) in [6, 6.07) is 6.96. The van der Waals surface area contributed by atoms with Crippen LogP contribution >= 0.6 is 0 Å². The molecule has 1 saturated carbocycles. The first kappa shape index (κ1) is 18.0. The molecular formula is C18H24N2O4. The number of aliphatic carboxylic acids is 1. The number of nitrogens with one attached hydrogen (secondary N) is 2. The van der Waals surface area contributed by atoms with Crippen LogP contribution in [-0.2, 0) is 4.79 Å². The summed E-state index contributed by atoms with van der Waals surface area (Å²) in [5, 5.41) is 14.3. The van der Waals surface area contributed by atoms with Gasteiger partial charge in [0, 0.05) is 30.1 Å². The Hall–Kier alpha value is -2.37. The van der Waals surface area contributed by atoms with Crippen molar-refractivity contribution in [1.29, 1.82) is 0 Å². The molecule has 0 aliphatic heterocycles. The van der Waals surface area contributed by atoms with Crippen molar-refractivity contribution in [1.82, 2.24) is 10.6 Å². The van der Waals surface area contributed by atoms with Crippen LogP contribution in [0.15, 0.2) is 24.3 Å². The van der Waals surface area contributed by atoms with Gasteiger partial charge >= 0.3 is 5.97 Å². The molecule has 1 aromatic carbocycles. The number of carbonyl (C=O) groups excluding carboxylic acids is 2. The second-order valence-electron chi connectivity index (χ2n) is 6.14. The van der Waals surface area contributed by atoms with Crippen LogP contribution in [-0.4, -0.2) is 35.5 Å². The van der Waals surface area contributed by atoms with E-state index in [0.29, 0.717) is 30.1 Å². The van der Waals surface area contributed by atoms with Crippen LogP contribution < -0.4 is 10.6 Å². The fraction of sp³-hybridized carbons (Fsp3) is 0.500. The maximum atomic E-state index is 12.0. The smallest absolute Gasteiger partial charge is 0.303 e. The Balaban J connectivity index is 1.64.